The molecule has 0 aliphatic carbocycles. The van der Waals surface area contributed by atoms with Crippen molar-refractivity contribution < 1.29 is 9.47 Å². The van der Waals surface area contributed by atoms with Crippen LogP contribution in [-0.4, -0.2) is 16.8 Å². The second-order valence-corrected chi connectivity index (χ2v) is 4.40. The number of benzene rings is 1. The largest absolute Gasteiger partial charge is 0.454 e. The number of rotatable bonds is 4. The van der Waals surface area contributed by atoms with Crippen LogP contribution in [0.15, 0.2) is 24.7 Å². The molecule has 6 heteroatoms. The molecule has 0 atom stereocenters. The van der Waals surface area contributed by atoms with E-state index in [0.717, 1.165) is 17.8 Å². The average molecular weight is 266 g/mol. The molecular weight excluding hydrogens is 254 g/mol. The first-order chi connectivity index (χ1) is 8.83. The van der Waals surface area contributed by atoms with Crippen LogP contribution in [0, 0.1) is 0 Å². The zero-order valence-corrected chi connectivity index (χ0v) is 10.3. The molecule has 0 fully saturated rings. The van der Waals surface area contributed by atoms with E-state index >= 15 is 0 Å². The van der Waals surface area contributed by atoms with Crippen LogP contribution in [-0.2, 0) is 13.1 Å². The van der Waals surface area contributed by atoms with Gasteiger partial charge in [-0.25, -0.2) is 4.98 Å². The number of aromatic nitrogens is 2. The van der Waals surface area contributed by atoms with Crippen molar-refractivity contribution in [3.05, 3.63) is 40.9 Å². The Balaban J connectivity index is 1.65. The predicted octanol–water partition coefficient (Wildman–Crippen LogP) is 2.08. The van der Waals surface area contributed by atoms with Crippen molar-refractivity contribution in [1.29, 1.82) is 0 Å². The van der Waals surface area contributed by atoms with E-state index in [1.54, 1.807) is 12.5 Å². The smallest absolute Gasteiger partial charge is 0.231 e. The molecule has 1 aliphatic rings. The van der Waals surface area contributed by atoms with Crippen LogP contribution in [0.4, 0.5) is 0 Å². The number of aromatic amines is 1. The Morgan fingerprint density at radius 2 is 2.28 bits per heavy atom. The normalized spacial score (nSPS) is 12.9. The van der Waals surface area contributed by atoms with E-state index in [0.29, 0.717) is 23.1 Å². The van der Waals surface area contributed by atoms with Gasteiger partial charge < -0.3 is 19.8 Å². The van der Waals surface area contributed by atoms with Crippen molar-refractivity contribution in [3.8, 4) is 11.5 Å². The fraction of sp³-hybridized carbons (Fsp3) is 0.250. The minimum absolute atomic E-state index is 0.236. The Hall–Kier alpha value is -1.72. The van der Waals surface area contributed by atoms with Crippen molar-refractivity contribution in [3.63, 3.8) is 0 Å². The molecule has 18 heavy (non-hydrogen) atoms. The molecule has 0 spiro atoms. The maximum Gasteiger partial charge on any atom is 0.231 e. The van der Waals surface area contributed by atoms with Crippen molar-refractivity contribution in [2.45, 2.75) is 13.1 Å². The Morgan fingerprint density at radius 3 is 3.11 bits per heavy atom. The van der Waals surface area contributed by atoms with Crippen LogP contribution >= 0.6 is 11.6 Å². The Kier molecular flexibility index (Phi) is 3.08. The minimum Gasteiger partial charge on any atom is -0.454 e. The lowest BCUT2D eigenvalue weighted by atomic mass is 10.2. The standard InChI is InChI=1S/C12H12ClN3O2/c13-10-1-8(2-11-12(10)18-7-17-11)3-14-4-9-5-15-6-16-9/h1-2,5-6,14H,3-4,7H2,(H,15,16). The van der Waals surface area contributed by atoms with Crippen LogP contribution in [0.2, 0.25) is 5.02 Å². The van der Waals surface area contributed by atoms with Crippen LogP contribution < -0.4 is 14.8 Å². The summed E-state index contributed by atoms with van der Waals surface area (Å²) in [5.74, 6) is 1.34. The van der Waals surface area contributed by atoms with Gasteiger partial charge in [0.1, 0.15) is 0 Å². The highest BCUT2D eigenvalue weighted by Crippen LogP contribution is 2.39. The predicted molar refractivity (Wildman–Crippen MR) is 66.7 cm³/mol. The van der Waals surface area contributed by atoms with Gasteiger partial charge in [-0.1, -0.05) is 11.6 Å². The fourth-order valence-electron chi connectivity index (χ4n) is 1.85. The van der Waals surface area contributed by atoms with E-state index in [-0.39, 0.29) is 6.79 Å². The number of H-pyrrole nitrogens is 1. The van der Waals surface area contributed by atoms with E-state index in [4.69, 9.17) is 21.1 Å². The molecule has 2 aromatic rings. The highest BCUT2D eigenvalue weighted by Gasteiger charge is 2.17. The van der Waals surface area contributed by atoms with Crippen molar-refractivity contribution in [1.82, 2.24) is 15.3 Å². The Morgan fingerprint density at radius 1 is 1.33 bits per heavy atom. The molecule has 0 amide bonds. The maximum absolute atomic E-state index is 6.10. The number of hydrogen-bond acceptors (Lipinski definition) is 4. The molecule has 1 aliphatic heterocycles. The van der Waals surface area contributed by atoms with Gasteiger partial charge in [0.2, 0.25) is 6.79 Å². The lowest BCUT2D eigenvalue weighted by molar-refractivity contribution is 0.174. The van der Waals surface area contributed by atoms with Gasteiger partial charge >= 0.3 is 0 Å². The van der Waals surface area contributed by atoms with Gasteiger partial charge in [0.25, 0.3) is 0 Å². The zero-order chi connectivity index (χ0) is 12.4. The molecular formula is C12H12ClN3O2. The number of imidazole rings is 1. The summed E-state index contributed by atoms with van der Waals surface area (Å²) in [7, 11) is 0. The second kappa shape index (κ2) is 4.88. The van der Waals surface area contributed by atoms with Gasteiger partial charge in [-0.2, -0.15) is 0 Å². The number of nitrogens with one attached hydrogen (secondary N) is 2. The number of hydrogen-bond donors (Lipinski definition) is 2. The first kappa shape index (κ1) is 11.4. The monoisotopic (exact) mass is 265 g/mol. The summed E-state index contributed by atoms with van der Waals surface area (Å²) in [4.78, 5) is 6.99. The molecule has 3 rings (SSSR count). The van der Waals surface area contributed by atoms with Crippen LogP contribution in [0.25, 0.3) is 0 Å². The Bertz CT molecular complexity index is 543. The van der Waals surface area contributed by atoms with E-state index in [2.05, 4.69) is 15.3 Å². The van der Waals surface area contributed by atoms with E-state index < -0.39 is 0 Å². The van der Waals surface area contributed by atoms with E-state index in [1.807, 2.05) is 12.1 Å². The number of ether oxygens (including phenoxy) is 2. The SMILES string of the molecule is Clc1cc(CNCc2cnc[nH]2)cc2c1OCO2. The van der Waals surface area contributed by atoms with E-state index in [1.165, 1.54) is 0 Å². The molecule has 0 saturated carbocycles. The number of fused-ring (bicyclic) bond motifs is 1. The summed E-state index contributed by atoms with van der Waals surface area (Å²) in [5.41, 5.74) is 2.10. The summed E-state index contributed by atoms with van der Waals surface area (Å²) >= 11 is 6.10. The third kappa shape index (κ3) is 2.27. The zero-order valence-electron chi connectivity index (χ0n) is 9.57. The Labute approximate surface area is 109 Å². The second-order valence-electron chi connectivity index (χ2n) is 3.99. The van der Waals surface area contributed by atoms with Gasteiger partial charge in [-0.05, 0) is 17.7 Å². The van der Waals surface area contributed by atoms with Crippen molar-refractivity contribution in [2.75, 3.05) is 6.79 Å². The molecule has 0 unspecified atom stereocenters. The quantitative estimate of drug-likeness (QED) is 0.889. The highest BCUT2D eigenvalue weighted by atomic mass is 35.5. The topological polar surface area (TPSA) is 59.2 Å². The summed E-state index contributed by atoms with van der Waals surface area (Å²) in [6, 6.07) is 3.82. The van der Waals surface area contributed by atoms with Gasteiger partial charge in [0.15, 0.2) is 11.5 Å². The molecule has 2 heterocycles. The molecule has 1 aromatic carbocycles. The minimum atomic E-state index is 0.236. The maximum atomic E-state index is 6.10. The fourth-order valence-corrected chi connectivity index (χ4v) is 2.13. The van der Waals surface area contributed by atoms with Crippen LogP contribution in [0.5, 0.6) is 11.5 Å². The average Bonchev–Trinajstić information content (AvgIpc) is 2.99. The number of nitrogens with zero attached hydrogens (tertiary/aromatic N) is 1. The molecule has 0 radical (unpaired) electrons. The van der Waals surface area contributed by atoms with Crippen molar-refractivity contribution in [2.24, 2.45) is 0 Å². The van der Waals surface area contributed by atoms with Crippen LogP contribution in [0.3, 0.4) is 0 Å². The molecule has 2 N–H and O–H groups in total. The molecule has 94 valence electrons. The molecule has 0 saturated heterocycles. The number of halogens is 1. The summed E-state index contributed by atoms with van der Waals surface area (Å²) in [5, 5.41) is 3.88. The first-order valence-electron chi connectivity index (χ1n) is 5.59. The molecule has 0 bridgehead atoms. The third-order valence-electron chi connectivity index (χ3n) is 2.69. The first-order valence-corrected chi connectivity index (χ1v) is 5.97. The molecule has 1 aromatic heterocycles. The van der Waals surface area contributed by atoms with Gasteiger partial charge in [0, 0.05) is 25.0 Å². The van der Waals surface area contributed by atoms with Gasteiger partial charge in [0.05, 0.1) is 11.3 Å². The van der Waals surface area contributed by atoms with Gasteiger partial charge in [-0.3, -0.25) is 0 Å². The van der Waals surface area contributed by atoms with Crippen molar-refractivity contribution >= 4 is 11.6 Å². The molecule has 5 nitrogen and oxygen atoms in total. The lowest BCUT2D eigenvalue weighted by Gasteiger charge is -2.06. The van der Waals surface area contributed by atoms with Crippen LogP contribution in [0.1, 0.15) is 11.3 Å². The lowest BCUT2D eigenvalue weighted by Crippen LogP contribution is -2.12. The van der Waals surface area contributed by atoms with E-state index in [9.17, 15) is 0 Å². The summed E-state index contributed by atoms with van der Waals surface area (Å²) in [6.07, 6.45) is 3.45. The third-order valence-corrected chi connectivity index (χ3v) is 2.97. The summed E-state index contributed by atoms with van der Waals surface area (Å²) in [6.45, 7) is 1.67. The summed E-state index contributed by atoms with van der Waals surface area (Å²) < 4.78 is 10.6. The highest BCUT2D eigenvalue weighted by molar-refractivity contribution is 6.32. The van der Waals surface area contributed by atoms with Gasteiger partial charge in [-0.15, -0.1) is 0 Å².